The van der Waals surface area contributed by atoms with Crippen LogP contribution in [0.5, 0.6) is 0 Å². The average Bonchev–Trinajstić information content (AvgIpc) is 2.97. The van der Waals surface area contributed by atoms with Crippen LogP contribution >= 0.6 is 0 Å². The second kappa shape index (κ2) is 14.4. The zero-order chi connectivity index (χ0) is 32.7. The Morgan fingerprint density at radius 3 is 1.60 bits per heavy atom. The highest BCUT2D eigenvalue weighted by Gasteiger charge is 2.36. The van der Waals surface area contributed by atoms with E-state index in [4.69, 9.17) is 14.6 Å². The van der Waals surface area contributed by atoms with Crippen molar-refractivity contribution < 1.29 is 17.9 Å². The third kappa shape index (κ3) is 9.85. The third-order valence-electron chi connectivity index (χ3n) is 8.02. The molecule has 0 heterocycles. The summed E-state index contributed by atoms with van der Waals surface area (Å²) in [5.74, 6) is 0. The van der Waals surface area contributed by atoms with Gasteiger partial charge in [0.15, 0.2) is 0 Å². The van der Waals surface area contributed by atoms with Crippen LogP contribution in [0.3, 0.4) is 0 Å². The van der Waals surface area contributed by atoms with Crippen molar-refractivity contribution in [2.24, 2.45) is 10.6 Å². The van der Waals surface area contributed by atoms with Crippen molar-refractivity contribution in [1.82, 2.24) is 0 Å². The first-order valence-electron chi connectivity index (χ1n) is 15.6. The van der Waals surface area contributed by atoms with Crippen molar-refractivity contribution in [2.75, 3.05) is 13.2 Å². The summed E-state index contributed by atoms with van der Waals surface area (Å²) in [6.45, 7) is 15.4. The van der Waals surface area contributed by atoms with Gasteiger partial charge in [-0.3, -0.25) is 0 Å². The molecule has 4 aromatic rings. The lowest BCUT2D eigenvalue weighted by atomic mass is 9.69. The second-order valence-corrected chi connectivity index (χ2v) is 15.8. The van der Waals surface area contributed by atoms with Gasteiger partial charge in [0.05, 0.1) is 31.3 Å². The summed E-state index contributed by atoms with van der Waals surface area (Å²) in [5.41, 5.74) is 6.30. The smallest absolute Gasteiger partial charge is 0.238 e. The number of hydrogen-bond acceptors (Lipinski definition) is 4. The first-order valence-corrected chi connectivity index (χ1v) is 17.1. The molecular formula is C39H48NO4S. The predicted molar refractivity (Wildman–Crippen MR) is 183 cm³/mol. The molecule has 0 fully saturated rings. The molecule has 0 aliphatic heterocycles. The van der Waals surface area contributed by atoms with Gasteiger partial charge >= 0.3 is 0 Å². The Hall–Kier alpha value is -3.29. The van der Waals surface area contributed by atoms with E-state index in [-0.39, 0.29) is 15.7 Å². The highest BCUT2D eigenvalue weighted by atomic mass is 32.2. The third-order valence-corrected chi connectivity index (χ3v) is 8.95. The maximum absolute atomic E-state index is 12.0. The lowest BCUT2D eigenvalue weighted by Gasteiger charge is -2.38. The van der Waals surface area contributed by atoms with E-state index in [1.165, 1.54) is 16.7 Å². The van der Waals surface area contributed by atoms with Crippen molar-refractivity contribution in [3.05, 3.63) is 137 Å². The van der Waals surface area contributed by atoms with E-state index < -0.39 is 15.4 Å². The van der Waals surface area contributed by atoms with Crippen LogP contribution in [0.1, 0.15) is 74.9 Å². The highest BCUT2D eigenvalue weighted by Crippen LogP contribution is 2.40. The molecule has 0 unspecified atom stereocenters. The summed E-state index contributed by atoms with van der Waals surface area (Å²) >= 11 is 0. The minimum absolute atomic E-state index is 0.0849. The molecule has 1 radical (unpaired) electrons. The van der Waals surface area contributed by atoms with Crippen molar-refractivity contribution in [3.63, 3.8) is 0 Å². The summed E-state index contributed by atoms with van der Waals surface area (Å²) in [5, 5.41) is 5.41. The highest BCUT2D eigenvalue weighted by molar-refractivity contribution is 7.89. The van der Waals surface area contributed by atoms with Crippen LogP contribution in [-0.2, 0) is 56.4 Å². The SMILES string of the molecule is CC(C)(C)c1[c]ccc(CC(COCc2ccccc2)(COCc2ccccc2)Cc2ccc(S(N)(=O)=O)cc2)c1C(C)(C)C. The molecule has 2 N–H and O–H groups in total. The fourth-order valence-electron chi connectivity index (χ4n) is 6.00. The van der Waals surface area contributed by atoms with Crippen LogP contribution in [-0.4, -0.2) is 21.6 Å². The maximum Gasteiger partial charge on any atom is 0.238 e. The molecule has 0 bridgehead atoms. The van der Waals surface area contributed by atoms with Gasteiger partial charge in [-0.1, -0.05) is 126 Å². The molecule has 5 nitrogen and oxygen atoms in total. The van der Waals surface area contributed by atoms with E-state index >= 15 is 0 Å². The maximum atomic E-state index is 12.0. The van der Waals surface area contributed by atoms with Gasteiger partial charge in [-0.15, -0.1) is 0 Å². The Kier molecular flexibility index (Phi) is 11.1. The summed E-state index contributed by atoms with van der Waals surface area (Å²) in [4.78, 5) is 0.0981. The molecule has 4 aromatic carbocycles. The lowest BCUT2D eigenvalue weighted by molar-refractivity contribution is -0.0333. The first kappa shape index (κ1) is 34.6. The van der Waals surface area contributed by atoms with Gasteiger partial charge in [-0.05, 0) is 75.3 Å². The molecule has 0 aliphatic rings. The summed E-state index contributed by atoms with van der Waals surface area (Å²) in [7, 11) is -3.80. The van der Waals surface area contributed by atoms with Gasteiger partial charge in [0.2, 0.25) is 10.0 Å². The van der Waals surface area contributed by atoms with E-state index in [0.29, 0.717) is 39.3 Å². The second-order valence-electron chi connectivity index (χ2n) is 14.3. The molecule has 0 saturated heterocycles. The molecule has 0 aromatic heterocycles. The average molecular weight is 627 g/mol. The molecule has 0 spiro atoms. The molecule has 45 heavy (non-hydrogen) atoms. The number of hydrogen-bond donors (Lipinski definition) is 1. The Labute approximate surface area is 270 Å². The van der Waals surface area contributed by atoms with Gasteiger partial charge in [0.1, 0.15) is 0 Å². The quantitative estimate of drug-likeness (QED) is 0.163. The van der Waals surface area contributed by atoms with Crippen LogP contribution in [0.15, 0.2) is 102 Å². The number of ether oxygens (including phenoxy) is 2. The fourth-order valence-corrected chi connectivity index (χ4v) is 6.51. The topological polar surface area (TPSA) is 78.6 Å². The van der Waals surface area contributed by atoms with Crippen molar-refractivity contribution >= 4 is 10.0 Å². The zero-order valence-corrected chi connectivity index (χ0v) is 28.4. The number of benzene rings is 4. The number of sulfonamides is 1. The van der Waals surface area contributed by atoms with Crippen LogP contribution in [0.25, 0.3) is 0 Å². The fraction of sp³-hybridized carbons (Fsp3) is 0.385. The molecule has 0 aliphatic carbocycles. The Balaban J connectivity index is 1.78. The van der Waals surface area contributed by atoms with Gasteiger partial charge in [-0.25, -0.2) is 13.6 Å². The van der Waals surface area contributed by atoms with E-state index in [0.717, 1.165) is 16.7 Å². The van der Waals surface area contributed by atoms with Crippen molar-refractivity contribution in [2.45, 2.75) is 83.3 Å². The lowest BCUT2D eigenvalue weighted by Crippen LogP contribution is -2.38. The summed E-state index contributed by atoms with van der Waals surface area (Å²) in [6, 6.07) is 35.1. The van der Waals surface area contributed by atoms with Crippen LogP contribution in [0.4, 0.5) is 0 Å². The van der Waals surface area contributed by atoms with E-state index in [1.807, 2.05) is 54.6 Å². The Morgan fingerprint density at radius 2 is 1.16 bits per heavy atom. The van der Waals surface area contributed by atoms with Gasteiger partial charge in [0.25, 0.3) is 0 Å². The number of nitrogens with two attached hydrogens (primary N) is 1. The monoisotopic (exact) mass is 626 g/mol. The molecule has 0 atom stereocenters. The number of rotatable bonds is 13. The van der Waals surface area contributed by atoms with Crippen LogP contribution in [0, 0.1) is 11.5 Å². The van der Waals surface area contributed by atoms with Crippen molar-refractivity contribution in [1.29, 1.82) is 0 Å². The molecule has 0 saturated carbocycles. The van der Waals surface area contributed by atoms with E-state index in [2.05, 4.69) is 77.9 Å². The van der Waals surface area contributed by atoms with Crippen molar-refractivity contribution in [3.8, 4) is 0 Å². The van der Waals surface area contributed by atoms with Gasteiger partial charge in [-0.2, -0.15) is 0 Å². The summed E-state index contributed by atoms with van der Waals surface area (Å²) in [6.07, 6.45) is 1.33. The predicted octanol–water partition coefficient (Wildman–Crippen LogP) is 7.93. The molecule has 0 amide bonds. The normalized spacial score (nSPS) is 12.8. The largest absolute Gasteiger partial charge is 0.376 e. The molecule has 4 rings (SSSR count). The first-order chi connectivity index (χ1) is 21.2. The van der Waals surface area contributed by atoms with E-state index in [1.54, 1.807) is 12.1 Å². The zero-order valence-electron chi connectivity index (χ0n) is 27.6. The minimum Gasteiger partial charge on any atom is -0.376 e. The summed E-state index contributed by atoms with van der Waals surface area (Å²) < 4.78 is 37.1. The Bertz CT molecular complexity index is 1570. The van der Waals surface area contributed by atoms with Gasteiger partial charge < -0.3 is 9.47 Å². The standard InChI is InChI=1S/C39H48NO4S/c1-37(2,3)35-19-13-18-33(36(35)38(4,5)6)25-39(28-43-26-31-14-9-7-10-15-31,29-44-27-32-16-11-8-12-17-32)24-30-20-22-34(23-21-30)45(40,41)42/h7-18,20-23H,24-29H2,1-6H3,(H2,40,41,42). The molecular weight excluding hydrogens is 578 g/mol. The van der Waals surface area contributed by atoms with E-state index in [9.17, 15) is 8.42 Å². The van der Waals surface area contributed by atoms with Crippen LogP contribution < -0.4 is 5.14 Å². The molecule has 6 heteroatoms. The Morgan fingerprint density at radius 1 is 0.644 bits per heavy atom. The van der Waals surface area contributed by atoms with Gasteiger partial charge in [0, 0.05) is 5.41 Å². The number of primary sulfonamides is 1. The molecule has 239 valence electrons. The minimum atomic E-state index is -3.80. The van der Waals surface area contributed by atoms with Crippen LogP contribution in [0.2, 0.25) is 0 Å².